The number of hydrogen-bond donors (Lipinski definition) is 1. The molecule has 4 aromatic rings. The molecule has 3 amide bonds. The van der Waals surface area contributed by atoms with Crippen molar-refractivity contribution in [3.63, 3.8) is 0 Å². The van der Waals surface area contributed by atoms with E-state index in [4.69, 9.17) is 0 Å². The van der Waals surface area contributed by atoms with Gasteiger partial charge in [-0.15, -0.1) is 0 Å². The highest BCUT2D eigenvalue weighted by molar-refractivity contribution is 9.10. The number of fused-ring (bicyclic) bond motifs is 2. The van der Waals surface area contributed by atoms with Gasteiger partial charge in [0.25, 0.3) is 0 Å². The monoisotopic (exact) mass is 661 g/mol. The Morgan fingerprint density at radius 3 is 2.21 bits per heavy atom. The molecular weight excluding hydrogens is 634 g/mol. The van der Waals surface area contributed by atoms with Gasteiger partial charge >= 0.3 is 4.87 Å². The van der Waals surface area contributed by atoms with Gasteiger partial charge in [-0.05, 0) is 52.9 Å². The van der Waals surface area contributed by atoms with Gasteiger partial charge in [0.2, 0.25) is 17.7 Å². The molecular formula is C32H28BrN3O4S2. The number of aromatic nitrogens is 1. The first-order chi connectivity index (χ1) is 20.0. The number of rotatable bonds is 5. The molecule has 1 N–H and O–H groups in total. The predicted molar refractivity (Wildman–Crippen MR) is 170 cm³/mol. The van der Waals surface area contributed by atoms with Crippen LogP contribution in [0.2, 0.25) is 0 Å². The smallest absolute Gasteiger partial charge is 0.308 e. The summed E-state index contributed by atoms with van der Waals surface area (Å²) in [4.78, 5) is 56.0. The van der Waals surface area contributed by atoms with E-state index >= 15 is 0 Å². The van der Waals surface area contributed by atoms with Crippen LogP contribution in [0.1, 0.15) is 42.7 Å². The number of anilines is 2. The van der Waals surface area contributed by atoms with Crippen molar-refractivity contribution in [2.24, 2.45) is 5.92 Å². The molecule has 2 aliphatic rings. The predicted octanol–water partition coefficient (Wildman–Crippen LogP) is 6.40. The first-order valence-corrected chi connectivity index (χ1v) is 16.0. The van der Waals surface area contributed by atoms with Gasteiger partial charge < -0.3 is 5.32 Å². The van der Waals surface area contributed by atoms with E-state index in [9.17, 15) is 19.2 Å². The largest absolute Gasteiger partial charge is 0.325 e. The number of para-hydroxylation sites is 1. The quantitative estimate of drug-likeness (QED) is 0.250. The average molecular weight is 663 g/mol. The van der Waals surface area contributed by atoms with Crippen LogP contribution >= 0.6 is 39.0 Å². The summed E-state index contributed by atoms with van der Waals surface area (Å²) < 4.78 is 2.28. The maximum atomic E-state index is 14.1. The van der Waals surface area contributed by atoms with Crippen LogP contribution in [-0.4, -0.2) is 27.5 Å². The van der Waals surface area contributed by atoms with E-state index in [1.54, 1.807) is 36.4 Å². The first-order valence-electron chi connectivity index (χ1n) is 13.5. The van der Waals surface area contributed by atoms with E-state index < -0.39 is 17.1 Å². The number of benzene rings is 3. The number of amides is 3. The minimum Gasteiger partial charge on any atom is -0.325 e. The topological polar surface area (TPSA) is 88.5 Å². The summed E-state index contributed by atoms with van der Waals surface area (Å²) in [5, 5.41) is 2.67. The zero-order chi connectivity index (χ0) is 29.8. The molecule has 0 spiro atoms. The molecule has 6 rings (SSSR count). The van der Waals surface area contributed by atoms with Crippen molar-refractivity contribution in [2.75, 3.05) is 10.2 Å². The normalized spacial score (nSPS) is 19.9. The van der Waals surface area contributed by atoms with Crippen molar-refractivity contribution in [1.29, 1.82) is 0 Å². The Kier molecular flexibility index (Phi) is 7.49. The molecule has 1 fully saturated rings. The molecule has 0 radical (unpaired) electrons. The van der Waals surface area contributed by atoms with E-state index in [0.717, 1.165) is 26.9 Å². The molecule has 3 heterocycles. The van der Waals surface area contributed by atoms with Crippen molar-refractivity contribution in [1.82, 2.24) is 4.57 Å². The Morgan fingerprint density at radius 2 is 1.57 bits per heavy atom. The van der Waals surface area contributed by atoms with E-state index in [1.165, 1.54) is 21.2 Å². The van der Waals surface area contributed by atoms with Crippen LogP contribution in [0.5, 0.6) is 0 Å². The molecule has 0 bridgehead atoms. The highest BCUT2D eigenvalue weighted by Gasteiger charge is 2.56. The number of nitrogens with one attached hydrogen (secondary N) is 1. The lowest BCUT2D eigenvalue weighted by molar-refractivity contribution is -0.122. The number of thioether (sulfide) groups is 1. The van der Waals surface area contributed by atoms with Gasteiger partial charge in [-0.2, -0.15) is 0 Å². The molecule has 2 aliphatic heterocycles. The Morgan fingerprint density at radius 1 is 0.905 bits per heavy atom. The highest BCUT2D eigenvalue weighted by atomic mass is 79.9. The van der Waals surface area contributed by atoms with Crippen LogP contribution in [0.4, 0.5) is 11.4 Å². The van der Waals surface area contributed by atoms with Crippen LogP contribution in [-0.2, 0) is 26.3 Å². The van der Waals surface area contributed by atoms with Crippen molar-refractivity contribution >= 4 is 68.1 Å². The van der Waals surface area contributed by atoms with E-state index in [2.05, 4.69) is 42.0 Å². The molecule has 7 nitrogen and oxygen atoms in total. The summed E-state index contributed by atoms with van der Waals surface area (Å²) in [5.74, 6) is -2.15. The van der Waals surface area contributed by atoms with Crippen LogP contribution < -0.4 is 15.1 Å². The SMILES string of the molecule is CC(C)(C)c1ccc([C@@H]2c3sc(=O)n(CC(=O)Nc4ccccc4)c3S[C@@H]3C(=O)N(c4ccc(Br)cc4)C(=O)[C@H]23)cc1. The molecule has 214 valence electrons. The number of imide groups is 1. The van der Waals surface area contributed by atoms with Gasteiger partial charge in [0.15, 0.2) is 0 Å². The summed E-state index contributed by atoms with van der Waals surface area (Å²) >= 11 is 5.68. The molecule has 10 heteroatoms. The molecule has 3 atom stereocenters. The highest BCUT2D eigenvalue weighted by Crippen LogP contribution is 2.54. The minimum absolute atomic E-state index is 0.0631. The van der Waals surface area contributed by atoms with Gasteiger partial charge in [-0.3, -0.25) is 23.7 Å². The second-order valence-electron chi connectivity index (χ2n) is 11.4. The van der Waals surface area contributed by atoms with Crippen molar-refractivity contribution < 1.29 is 14.4 Å². The Balaban J connectivity index is 1.43. The van der Waals surface area contributed by atoms with Crippen molar-refractivity contribution in [3.8, 4) is 0 Å². The zero-order valence-corrected chi connectivity index (χ0v) is 26.4. The average Bonchev–Trinajstić information content (AvgIpc) is 3.40. The van der Waals surface area contributed by atoms with Gasteiger partial charge in [0, 0.05) is 21.0 Å². The molecule has 42 heavy (non-hydrogen) atoms. The Bertz CT molecular complexity index is 1740. The van der Waals surface area contributed by atoms with Crippen LogP contribution in [0.3, 0.4) is 0 Å². The summed E-state index contributed by atoms with van der Waals surface area (Å²) in [6, 6.07) is 24.2. The fourth-order valence-electron chi connectivity index (χ4n) is 5.52. The number of carbonyl (C=O) groups excluding carboxylic acids is 3. The van der Waals surface area contributed by atoms with Crippen LogP contribution in [0.15, 0.2) is 93.2 Å². The molecule has 0 saturated carbocycles. The molecule has 1 aromatic heterocycles. The third-order valence-electron chi connectivity index (χ3n) is 7.63. The van der Waals surface area contributed by atoms with Gasteiger partial charge in [0.1, 0.15) is 11.8 Å². The summed E-state index contributed by atoms with van der Waals surface area (Å²) in [5.41, 5.74) is 3.08. The fraction of sp³-hybridized carbons (Fsp3) is 0.250. The second kappa shape index (κ2) is 11.0. The number of nitrogens with zero attached hydrogens (tertiary/aromatic N) is 2. The van der Waals surface area contributed by atoms with E-state index in [-0.39, 0.29) is 34.6 Å². The second-order valence-corrected chi connectivity index (χ2v) is 14.5. The Labute approximate surface area is 260 Å². The lowest BCUT2D eigenvalue weighted by Gasteiger charge is -2.31. The number of halogens is 1. The minimum atomic E-state index is -0.738. The van der Waals surface area contributed by atoms with Gasteiger partial charge in [0.05, 0.1) is 16.6 Å². The van der Waals surface area contributed by atoms with E-state index in [0.29, 0.717) is 21.3 Å². The van der Waals surface area contributed by atoms with Crippen molar-refractivity contribution in [3.05, 3.63) is 109 Å². The van der Waals surface area contributed by atoms with Gasteiger partial charge in [-0.25, -0.2) is 4.90 Å². The standard InChI is InChI=1S/C32H28BrN3O4S2/c1-32(2,3)19-11-9-18(10-12-19)24-25-26(29(39)36(28(25)38)22-15-13-20(33)14-16-22)41-30-27(24)42-31(40)35(30)17-23(37)34-21-7-5-4-6-8-21/h4-16,24-26H,17H2,1-3H3,(H,34,37)/t24-,25+,26-/m0/s1. The van der Waals surface area contributed by atoms with Gasteiger partial charge in [-0.1, -0.05) is 102 Å². The summed E-state index contributed by atoms with van der Waals surface area (Å²) in [7, 11) is 0. The molecule has 1 saturated heterocycles. The summed E-state index contributed by atoms with van der Waals surface area (Å²) in [6.07, 6.45) is 0. The summed E-state index contributed by atoms with van der Waals surface area (Å²) in [6.45, 7) is 6.21. The van der Waals surface area contributed by atoms with Crippen LogP contribution in [0.25, 0.3) is 0 Å². The van der Waals surface area contributed by atoms with Crippen molar-refractivity contribution in [2.45, 2.75) is 48.9 Å². The fourth-order valence-corrected chi connectivity index (χ4v) is 8.55. The maximum absolute atomic E-state index is 14.1. The third kappa shape index (κ3) is 5.16. The lowest BCUT2D eigenvalue weighted by Crippen LogP contribution is -2.33. The number of hydrogen-bond acceptors (Lipinski definition) is 6. The zero-order valence-electron chi connectivity index (χ0n) is 23.2. The molecule has 0 unspecified atom stereocenters. The maximum Gasteiger partial charge on any atom is 0.308 e. The van der Waals surface area contributed by atoms with E-state index in [1.807, 2.05) is 42.5 Å². The molecule has 0 aliphatic carbocycles. The third-order valence-corrected chi connectivity index (χ3v) is 10.8. The Hall–Kier alpha value is -3.47. The molecule has 3 aromatic carbocycles. The number of thiazole rings is 1. The van der Waals surface area contributed by atoms with Crippen LogP contribution in [0, 0.1) is 5.92 Å². The first kappa shape index (κ1) is 28.6. The number of carbonyl (C=O) groups is 3. The lowest BCUT2D eigenvalue weighted by atomic mass is 9.81.